The van der Waals surface area contributed by atoms with Crippen molar-refractivity contribution in [2.45, 2.75) is 13.1 Å². The lowest BCUT2D eigenvalue weighted by molar-refractivity contribution is 0.806. The average Bonchev–Trinajstić information content (AvgIpc) is 2.96. The molecule has 0 spiro atoms. The Kier molecular flexibility index (Phi) is 4.18. The first-order valence-corrected chi connectivity index (χ1v) is 7.61. The van der Waals surface area contributed by atoms with Crippen LogP contribution >= 0.6 is 15.9 Å². The molecule has 0 aliphatic rings. The number of halogens is 1. The molecule has 1 heterocycles. The largest absolute Gasteiger partial charge is 0.327 e. The predicted molar refractivity (Wildman–Crippen MR) is 88.8 cm³/mol. The van der Waals surface area contributed by atoms with Crippen molar-refractivity contribution in [3.8, 4) is 11.4 Å². The number of imidazole rings is 1. The Morgan fingerprint density at radius 1 is 1.00 bits per heavy atom. The van der Waals surface area contributed by atoms with Crippen LogP contribution in [0.3, 0.4) is 0 Å². The number of hydrogen-bond acceptors (Lipinski definition) is 2. The summed E-state index contributed by atoms with van der Waals surface area (Å²) in [7, 11) is 0. The number of hydrogen-bond donors (Lipinski definition) is 1. The summed E-state index contributed by atoms with van der Waals surface area (Å²) in [5.41, 5.74) is 9.11. The zero-order chi connectivity index (χ0) is 14.7. The second-order valence-electron chi connectivity index (χ2n) is 4.88. The number of nitrogens with two attached hydrogens (primary N) is 1. The minimum absolute atomic E-state index is 0.577. The number of rotatable bonds is 4. The molecule has 0 saturated carbocycles. The topological polar surface area (TPSA) is 43.8 Å². The van der Waals surface area contributed by atoms with Crippen LogP contribution in [0.2, 0.25) is 0 Å². The highest BCUT2D eigenvalue weighted by Crippen LogP contribution is 2.27. The van der Waals surface area contributed by atoms with Gasteiger partial charge in [-0.15, -0.1) is 0 Å². The summed E-state index contributed by atoms with van der Waals surface area (Å²) in [4.78, 5) is 4.49. The van der Waals surface area contributed by atoms with E-state index in [1.165, 1.54) is 5.56 Å². The van der Waals surface area contributed by atoms with Gasteiger partial charge >= 0.3 is 0 Å². The molecule has 3 nitrogen and oxygen atoms in total. The quantitative estimate of drug-likeness (QED) is 0.783. The van der Waals surface area contributed by atoms with E-state index in [1.807, 2.05) is 30.6 Å². The second-order valence-corrected chi connectivity index (χ2v) is 5.73. The van der Waals surface area contributed by atoms with Gasteiger partial charge < -0.3 is 10.3 Å². The molecular formula is C17H16BrN3. The zero-order valence-corrected chi connectivity index (χ0v) is 13.1. The van der Waals surface area contributed by atoms with Crippen LogP contribution < -0.4 is 5.73 Å². The van der Waals surface area contributed by atoms with Crippen LogP contribution in [0.5, 0.6) is 0 Å². The van der Waals surface area contributed by atoms with Crippen molar-refractivity contribution in [3.63, 3.8) is 0 Å². The molecule has 0 radical (unpaired) electrons. The monoisotopic (exact) mass is 341 g/mol. The smallest absolute Gasteiger partial charge is 0.141 e. The highest BCUT2D eigenvalue weighted by Gasteiger charge is 2.09. The normalized spacial score (nSPS) is 10.8. The van der Waals surface area contributed by atoms with Gasteiger partial charge in [0.25, 0.3) is 0 Å². The average molecular weight is 342 g/mol. The van der Waals surface area contributed by atoms with Gasteiger partial charge in [0.2, 0.25) is 0 Å². The third kappa shape index (κ3) is 3.06. The summed E-state index contributed by atoms with van der Waals surface area (Å²) in [6.07, 6.45) is 3.84. The van der Waals surface area contributed by atoms with Crippen LogP contribution in [0.25, 0.3) is 11.4 Å². The Morgan fingerprint density at radius 3 is 2.43 bits per heavy atom. The van der Waals surface area contributed by atoms with Gasteiger partial charge in [-0.05, 0) is 17.2 Å². The van der Waals surface area contributed by atoms with E-state index >= 15 is 0 Å². The minimum Gasteiger partial charge on any atom is -0.327 e. The van der Waals surface area contributed by atoms with Crippen LogP contribution in [-0.2, 0) is 13.1 Å². The van der Waals surface area contributed by atoms with E-state index < -0.39 is 0 Å². The highest BCUT2D eigenvalue weighted by atomic mass is 79.9. The molecule has 3 rings (SSSR count). The highest BCUT2D eigenvalue weighted by molar-refractivity contribution is 9.10. The van der Waals surface area contributed by atoms with Crippen molar-refractivity contribution >= 4 is 15.9 Å². The molecular weight excluding hydrogens is 326 g/mol. The first kappa shape index (κ1) is 14.0. The summed E-state index contributed by atoms with van der Waals surface area (Å²) in [5.74, 6) is 0.963. The fraction of sp³-hybridized carbons (Fsp3) is 0.118. The number of benzene rings is 2. The van der Waals surface area contributed by atoms with Crippen LogP contribution in [0.1, 0.15) is 11.1 Å². The van der Waals surface area contributed by atoms with E-state index in [-0.39, 0.29) is 0 Å². The Morgan fingerprint density at radius 2 is 1.71 bits per heavy atom. The van der Waals surface area contributed by atoms with Crippen LogP contribution in [0, 0.1) is 0 Å². The van der Waals surface area contributed by atoms with Crippen molar-refractivity contribution in [1.29, 1.82) is 0 Å². The number of aromatic nitrogens is 2. The predicted octanol–water partition coefficient (Wildman–Crippen LogP) is 3.82. The van der Waals surface area contributed by atoms with E-state index in [0.717, 1.165) is 28.0 Å². The van der Waals surface area contributed by atoms with E-state index in [2.05, 4.69) is 55.8 Å². The van der Waals surface area contributed by atoms with Gasteiger partial charge in [0.1, 0.15) is 5.82 Å². The van der Waals surface area contributed by atoms with Crippen molar-refractivity contribution in [2.75, 3.05) is 0 Å². The maximum Gasteiger partial charge on any atom is 0.141 e. The molecule has 21 heavy (non-hydrogen) atoms. The third-order valence-electron chi connectivity index (χ3n) is 3.44. The summed E-state index contributed by atoms with van der Waals surface area (Å²) >= 11 is 3.59. The first-order valence-electron chi connectivity index (χ1n) is 6.82. The maximum atomic E-state index is 5.63. The summed E-state index contributed by atoms with van der Waals surface area (Å²) in [6, 6.07) is 16.5. The van der Waals surface area contributed by atoms with Crippen molar-refractivity contribution < 1.29 is 0 Å². The number of nitrogens with zero attached hydrogens (tertiary/aromatic N) is 2. The zero-order valence-electron chi connectivity index (χ0n) is 11.5. The van der Waals surface area contributed by atoms with Gasteiger partial charge in [-0.25, -0.2) is 4.98 Å². The molecule has 0 atom stereocenters. The molecule has 0 aliphatic heterocycles. The standard InChI is InChI=1S/C17H16BrN3/c18-16-4-2-1-3-15(16)17-20-9-10-21(17)12-14-7-5-13(11-19)6-8-14/h1-10H,11-12,19H2. The second kappa shape index (κ2) is 6.24. The molecule has 3 aromatic rings. The molecule has 0 saturated heterocycles. The molecule has 2 aromatic carbocycles. The summed E-state index contributed by atoms with van der Waals surface area (Å²) < 4.78 is 3.20. The lowest BCUT2D eigenvalue weighted by Crippen LogP contribution is -2.02. The molecule has 106 valence electrons. The lowest BCUT2D eigenvalue weighted by Gasteiger charge is -2.10. The SMILES string of the molecule is NCc1ccc(Cn2ccnc2-c2ccccc2Br)cc1. The lowest BCUT2D eigenvalue weighted by atomic mass is 10.1. The van der Waals surface area contributed by atoms with Gasteiger partial charge in [0, 0.05) is 35.5 Å². The molecule has 0 amide bonds. The van der Waals surface area contributed by atoms with Gasteiger partial charge in [-0.2, -0.15) is 0 Å². The molecule has 0 bridgehead atoms. The summed E-state index contributed by atoms with van der Waals surface area (Å²) in [6.45, 7) is 1.37. The van der Waals surface area contributed by atoms with Gasteiger partial charge in [0.05, 0.1) is 0 Å². The molecule has 2 N–H and O–H groups in total. The molecule has 4 heteroatoms. The van der Waals surface area contributed by atoms with Gasteiger partial charge in [0.15, 0.2) is 0 Å². The van der Waals surface area contributed by atoms with Crippen LogP contribution in [0.15, 0.2) is 65.4 Å². The maximum absolute atomic E-state index is 5.63. The van der Waals surface area contributed by atoms with E-state index in [0.29, 0.717) is 6.54 Å². The summed E-state index contributed by atoms with van der Waals surface area (Å²) in [5, 5.41) is 0. The molecule has 0 fully saturated rings. The van der Waals surface area contributed by atoms with Gasteiger partial charge in [-0.1, -0.05) is 58.4 Å². The van der Waals surface area contributed by atoms with E-state index in [4.69, 9.17) is 5.73 Å². The van der Waals surface area contributed by atoms with Crippen LogP contribution in [0.4, 0.5) is 0 Å². The molecule has 1 aromatic heterocycles. The fourth-order valence-electron chi connectivity index (χ4n) is 2.30. The Labute approximate surface area is 132 Å². The third-order valence-corrected chi connectivity index (χ3v) is 4.13. The fourth-order valence-corrected chi connectivity index (χ4v) is 2.76. The first-order chi connectivity index (χ1) is 10.3. The Bertz CT molecular complexity index is 732. The van der Waals surface area contributed by atoms with E-state index in [9.17, 15) is 0 Å². The van der Waals surface area contributed by atoms with Crippen molar-refractivity contribution in [2.24, 2.45) is 5.73 Å². The Hall–Kier alpha value is -1.91. The van der Waals surface area contributed by atoms with Gasteiger partial charge in [-0.3, -0.25) is 0 Å². The minimum atomic E-state index is 0.577. The van der Waals surface area contributed by atoms with E-state index in [1.54, 1.807) is 0 Å². The van der Waals surface area contributed by atoms with Crippen LogP contribution in [-0.4, -0.2) is 9.55 Å². The van der Waals surface area contributed by atoms with Crippen molar-refractivity contribution in [3.05, 3.63) is 76.5 Å². The van der Waals surface area contributed by atoms with Crippen molar-refractivity contribution in [1.82, 2.24) is 9.55 Å². The molecule has 0 unspecified atom stereocenters. The molecule has 0 aliphatic carbocycles. The Balaban J connectivity index is 1.90.